The summed E-state index contributed by atoms with van der Waals surface area (Å²) >= 11 is 0. The lowest BCUT2D eigenvalue weighted by atomic mass is 9.92. The van der Waals surface area contributed by atoms with Crippen molar-refractivity contribution in [3.05, 3.63) is 59.3 Å². The number of phenolic OH excluding ortho intramolecular Hbond substituents is 1. The average molecular weight is 434 g/mol. The highest BCUT2D eigenvalue weighted by Gasteiger charge is 2.17. The molecule has 3 aromatic rings. The molecule has 3 N–H and O–H groups in total. The van der Waals surface area contributed by atoms with E-state index in [4.69, 9.17) is 9.72 Å². The summed E-state index contributed by atoms with van der Waals surface area (Å²) in [5.74, 6) is 0.430. The van der Waals surface area contributed by atoms with Crippen molar-refractivity contribution in [2.45, 2.75) is 44.9 Å². The molecule has 1 heterocycles. The van der Waals surface area contributed by atoms with Crippen LogP contribution in [-0.2, 0) is 24.1 Å². The second-order valence-corrected chi connectivity index (χ2v) is 8.30. The summed E-state index contributed by atoms with van der Waals surface area (Å²) in [6, 6.07) is 13.3. The SMILES string of the molecule is COc1cc(CC(=O)NCCCCNc2c3c(nc4ccccc24)CCCC3)ccc1O. The summed E-state index contributed by atoms with van der Waals surface area (Å²) in [7, 11) is 1.50. The van der Waals surface area contributed by atoms with Crippen molar-refractivity contribution in [1.82, 2.24) is 10.3 Å². The minimum Gasteiger partial charge on any atom is -0.504 e. The molecule has 0 saturated carbocycles. The van der Waals surface area contributed by atoms with Crippen molar-refractivity contribution in [3.8, 4) is 11.5 Å². The summed E-state index contributed by atoms with van der Waals surface area (Å²) < 4.78 is 5.10. The number of benzene rings is 2. The second-order valence-electron chi connectivity index (χ2n) is 8.30. The molecule has 0 aliphatic heterocycles. The Bertz CT molecular complexity index is 1100. The number of aromatic nitrogens is 1. The first kappa shape index (κ1) is 21.9. The third-order valence-electron chi connectivity index (χ3n) is 6.01. The van der Waals surface area contributed by atoms with Gasteiger partial charge in [0.25, 0.3) is 0 Å². The van der Waals surface area contributed by atoms with Gasteiger partial charge in [-0.25, -0.2) is 0 Å². The molecule has 168 valence electrons. The van der Waals surface area contributed by atoms with Gasteiger partial charge in [-0.2, -0.15) is 0 Å². The number of anilines is 1. The normalized spacial score (nSPS) is 12.9. The van der Waals surface area contributed by atoms with E-state index in [0.29, 0.717) is 12.3 Å². The van der Waals surface area contributed by atoms with E-state index >= 15 is 0 Å². The van der Waals surface area contributed by atoms with Crippen LogP contribution in [0.15, 0.2) is 42.5 Å². The smallest absolute Gasteiger partial charge is 0.224 e. The van der Waals surface area contributed by atoms with Crippen LogP contribution in [0.3, 0.4) is 0 Å². The number of para-hydroxylation sites is 1. The zero-order chi connectivity index (χ0) is 22.3. The number of ether oxygens (including phenoxy) is 1. The number of hydrogen-bond acceptors (Lipinski definition) is 5. The molecule has 6 heteroatoms. The number of unbranched alkanes of at least 4 members (excludes halogenated alkanes) is 1. The molecule has 0 bridgehead atoms. The van der Waals surface area contributed by atoms with Gasteiger partial charge in [0.1, 0.15) is 0 Å². The summed E-state index contributed by atoms with van der Waals surface area (Å²) in [6.45, 7) is 1.51. The van der Waals surface area contributed by atoms with Crippen LogP contribution in [-0.4, -0.2) is 36.2 Å². The van der Waals surface area contributed by atoms with E-state index in [9.17, 15) is 9.90 Å². The fraction of sp³-hybridized carbons (Fsp3) is 0.385. The lowest BCUT2D eigenvalue weighted by Crippen LogP contribution is -2.26. The highest BCUT2D eigenvalue weighted by atomic mass is 16.5. The highest BCUT2D eigenvalue weighted by molar-refractivity contribution is 5.93. The molecule has 0 saturated heterocycles. The van der Waals surface area contributed by atoms with Crippen LogP contribution in [0.1, 0.15) is 42.5 Å². The lowest BCUT2D eigenvalue weighted by Gasteiger charge is -2.21. The molecule has 6 nitrogen and oxygen atoms in total. The monoisotopic (exact) mass is 433 g/mol. The Hall–Kier alpha value is -3.28. The predicted octanol–water partition coefficient (Wildman–Crippen LogP) is 4.38. The fourth-order valence-electron chi connectivity index (χ4n) is 4.35. The van der Waals surface area contributed by atoms with Gasteiger partial charge in [-0.05, 0) is 67.9 Å². The van der Waals surface area contributed by atoms with E-state index in [0.717, 1.165) is 43.3 Å². The number of fused-ring (bicyclic) bond motifs is 2. The maximum absolute atomic E-state index is 12.2. The molecule has 0 unspecified atom stereocenters. The molecule has 1 aliphatic carbocycles. The number of methoxy groups -OCH3 is 1. The number of pyridine rings is 1. The lowest BCUT2D eigenvalue weighted by molar-refractivity contribution is -0.120. The number of nitrogens with zero attached hydrogens (tertiary/aromatic N) is 1. The summed E-state index contributed by atoms with van der Waals surface area (Å²) in [5, 5.41) is 17.5. The number of nitrogens with one attached hydrogen (secondary N) is 2. The minimum absolute atomic E-state index is 0.0279. The summed E-state index contributed by atoms with van der Waals surface area (Å²) in [6.07, 6.45) is 6.74. The van der Waals surface area contributed by atoms with Crippen molar-refractivity contribution in [2.24, 2.45) is 0 Å². The van der Waals surface area contributed by atoms with Gasteiger partial charge in [-0.1, -0.05) is 24.3 Å². The maximum atomic E-state index is 12.2. The molecule has 32 heavy (non-hydrogen) atoms. The van der Waals surface area contributed by atoms with Crippen LogP contribution in [0.4, 0.5) is 5.69 Å². The van der Waals surface area contributed by atoms with E-state index in [1.807, 2.05) is 6.07 Å². The molecule has 1 aliphatic rings. The van der Waals surface area contributed by atoms with E-state index in [2.05, 4.69) is 28.8 Å². The molecular formula is C26H31N3O3. The Kier molecular flexibility index (Phi) is 7.10. The van der Waals surface area contributed by atoms with Gasteiger partial charge in [-0.3, -0.25) is 9.78 Å². The van der Waals surface area contributed by atoms with Gasteiger partial charge < -0.3 is 20.5 Å². The zero-order valence-electron chi connectivity index (χ0n) is 18.6. The molecule has 0 radical (unpaired) electrons. The van der Waals surface area contributed by atoms with E-state index in [-0.39, 0.29) is 18.1 Å². The molecule has 4 rings (SSSR count). The number of aryl methyl sites for hydroxylation is 1. The molecule has 0 atom stereocenters. The molecule has 0 spiro atoms. The Morgan fingerprint density at radius 3 is 2.78 bits per heavy atom. The number of aromatic hydroxyl groups is 1. The number of carbonyl (C=O) groups is 1. The number of amides is 1. The van der Waals surface area contributed by atoms with Crippen LogP contribution < -0.4 is 15.4 Å². The Morgan fingerprint density at radius 1 is 1.09 bits per heavy atom. The van der Waals surface area contributed by atoms with Crippen molar-refractivity contribution in [1.29, 1.82) is 0 Å². The third kappa shape index (κ3) is 5.13. The number of hydrogen-bond donors (Lipinski definition) is 3. The minimum atomic E-state index is -0.0279. The van der Waals surface area contributed by atoms with E-state index in [1.165, 1.54) is 42.3 Å². The molecular weight excluding hydrogens is 402 g/mol. The summed E-state index contributed by atoms with van der Waals surface area (Å²) in [4.78, 5) is 17.1. The van der Waals surface area contributed by atoms with Crippen LogP contribution in [0.25, 0.3) is 10.9 Å². The van der Waals surface area contributed by atoms with Gasteiger partial charge >= 0.3 is 0 Å². The fourth-order valence-corrected chi connectivity index (χ4v) is 4.35. The Balaban J connectivity index is 1.26. The third-order valence-corrected chi connectivity index (χ3v) is 6.01. The highest BCUT2D eigenvalue weighted by Crippen LogP contribution is 2.33. The zero-order valence-corrected chi connectivity index (χ0v) is 18.6. The average Bonchev–Trinajstić information content (AvgIpc) is 2.81. The maximum Gasteiger partial charge on any atom is 0.224 e. The Labute approximate surface area is 189 Å². The standard InChI is InChI=1S/C26H31N3O3/c1-32-24-16-18(12-13-23(24)30)17-25(31)27-14-6-7-15-28-26-19-8-2-4-10-21(19)29-22-11-5-3-9-20(22)26/h2,4,8,10,12-13,16,30H,3,5-7,9,11,14-15,17H2,1H3,(H,27,31)(H,28,29). The van der Waals surface area contributed by atoms with Gasteiger partial charge in [-0.15, -0.1) is 0 Å². The number of carbonyl (C=O) groups excluding carboxylic acids is 1. The first-order chi connectivity index (χ1) is 15.7. The number of phenols is 1. The summed E-state index contributed by atoms with van der Waals surface area (Å²) in [5.41, 5.74) is 5.75. The van der Waals surface area contributed by atoms with Gasteiger partial charge in [0.15, 0.2) is 11.5 Å². The Morgan fingerprint density at radius 2 is 1.91 bits per heavy atom. The largest absolute Gasteiger partial charge is 0.504 e. The van der Waals surface area contributed by atoms with Gasteiger partial charge in [0, 0.05) is 29.9 Å². The topological polar surface area (TPSA) is 83.5 Å². The van der Waals surface area contributed by atoms with Crippen LogP contribution >= 0.6 is 0 Å². The van der Waals surface area contributed by atoms with E-state index in [1.54, 1.807) is 18.2 Å². The van der Waals surface area contributed by atoms with Crippen molar-refractivity contribution in [3.63, 3.8) is 0 Å². The van der Waals surface area contributed by atoms with E-state index < -0.39 is 0 Å². The van der Waals surface area contributed by atoms with Crippen molar-refractivity contribution < 1.29 is 14.6 Å². The van der Waals surface area contributed by atoms with Crippen LogP contribution in [0, 0.1) is 0 Å². The van der Waals surface area contributed by atoms with Crippen molar-refractivity contribution in [2.75, 3.05) is 25.5 Å². The molecule has 0 fully saturated rings. The number of rotatable bonds is 9. The van der Waals surface area contributed by atoms with Crippen molar-refractivity contribution >= 4 is 22.5 Å². The molecule has 1 amide bonds. The van der Waals surface area contributed by atoms with Crippen LogP contribution in [0.2, 0.25) is 0 Å². The predicted molar refractivity (Wildman–Crippen MR) is 127 cm³/mol. The first-order valence-electron chi connectivity index (χ1n) is 11.4. The molecule has 1 aromatic heterocycles. The van der Waals surface area contributed by atoms with Crippen LogP contribution in [0.5, 0.6) is 11.5 Å². The quantitative estimate of drug-likeness (QED) is 0.436. The van der Waals surface area contributed by atoms with Gasteiger partial charge in [0.05, 0.1) is 19.0 Å². The first-order valence-corrected chi connectivity index (χ1v) is 11.4. The molecule has 2 aromatic carbocycles. The second kappa shape index (κ2) is 10.4. The van der Waals surface area contributed by atoms with Gasteiger partial charge in [0.2, 0.25) is 5.91 Å².